The monoisotopic (exact) mass is 379 g/mol. The van der Waals surface area contributed by atoms with Gasteiger partial charge < -0.3 is 4.90 Å². The molecule has 0 amide bonds. The summed E-state index contributed by atoms with van der Waals surface area (Å²) >= 11 is 1.71. The minimum atomic E-state index is -3.12. The standard InChI is InChI=1S/C18H25N3O2S2/c1-14-4-3-11-21(12-14)18-20-17(13-24-18)16-7-5-15(6-8-16)9-10-19-25(2,22)23/h5-8,13-14,19H,3-4,9-12H2,1-2H3. The van der Waals surface area contributed by atoms with Crippen LogP contribution >= 0.6 is 11.3 Å². The molecule has 2 aromatic rings. The van der Waals surface area contributed by atoms with Gasteiger partial charge in [0.2, 0.25) is 10.0 Å². The van der Waals surface area contributed by atoms with E-state index in [0.717, 1.165) is 41.0 Å². The second-order valence-electron chi connectivity index (χ2n) is 6.82. The van der Waals surface area contributed by atoms with E-state index in [1.54, 1.807) is 11.3 Å². The van der Waals surface area contributed by atoms with Crippen molar-refractivity contribution in [3.05, 3.63) is 35.2 Å². The van der Waals surface area contributed by atoms with Crippen LogP contribution in [0.15, 0.2) is 29.6 Å². The van der Waals surface area contributed by atoms with Gasteiger partial charge in [-0.25, -0.2) is 18.1 Å². The predicted octanol–water partition coefficient (Wildman–Crippen LogP) is 3.14. The largest absolute Gasteiger partial charge is 0.348 e. The number of nitrogens with zero attached hydrogens (tertiary/aromatic N) is 2. The summed E-state index contributed by atoms with van der Waals surface area (Å²) in [5.41, 5.74) is 3.23. The first-order valence-electron chi connectivity index (χ1n) is 8.65. The zero-order valence-electron chi connectivity index (χ0n) is 14.7. The molecule has 136 valence electrons. The number of hydrogen-bond donors (Lipinski definition) is 1. The van der Waals surface area contributed by atoms with Crippen LogP contribution in [0.3, 0.4) is 0 Å². The summed E-state index contributed by atoms with van der Waals surface area (Å²) in [7, 11) is -3.12. The lowest BCUT2D eigenvalue weighted by molar-refractivity contribution is 0.446. The van der Waals surface area contributed by atoms with Crippen LogP contribution in [0.1, 0.15) is 25.3 Å². The molecule has 5 nitrogen and oxygen atoms in total. The SMILES string of the molecule is CC1CCCN(c2nc(-c3ccc(CCNS(C)(=O)=O)cc3)cs2)C1. The van der Waals surface area contributed by atoms with Gasteiger partial charge in [0.05, 0.1) is 11.9 Å². The fraction of sp³-hybridized carbons (Fsp3) is 0.500. The van der Waals surface area contributed by atoms with Crippen molar-refractivity contribution in [2.24, 2.45) is 5.92 Å². The van der Waals surface area contributed by atoms with Crippen LogP contribution < -0.4 is 9.62 Å². The third-order valence-corrected chi connectivity index (χ3v) is 6.08. The average Bonchev–Trinajstić information content (AvgIpc) is 3.04. The van der Waals surface area contributed by atoms with Crippen LogP contribution in [-0.2, 0) is 16.4 Å². The normalized spacial score (nSPS) is 18.5. The zero-order valence-corrected chi connectivity index (χ0v) is 16.4. The van der Waals surface area contributed by atoms with Crippen LogP contribution in [0.2, 0.25) is 0 Å². The lowest BCUT2D eigenvalue weighted by atomic mass is 10.0. The van der Waals surface area contributed by atoms with Crippen molar-refractivity contribution in [1.29, 1.82) is 0 Å². The molecule has 1 aromatic heterocycles. The Balaban J connectivity index is 1.62. The summed E-state index contributed by atoms with van der Waals surface area (Å²) in [6.07, 6.45) is 4.41. The maximum absolute atomic E-state index is 11.1. The van der Waals surface area contributed by atoms with Crippen molar-refractivity contribution in [2.45, 2.75) is 26.2 Å². The molecule has 1 aromatic carbocycles. The molecular formula is C18H25N3O2S2. The quantitative estimate of drug-likeness (QED) is 0.838. The predicted molar refractivity (Wildman–Crippen MR) is 105 cm³/mol. The van der Waals surface area contributed by atoms with Gasteiger partial charge in [0.15, 0.2) is 5.13 Å². The maximum Gasteiger partial charge on any atom is 0.208 e. The molecule has 1 saturated heterocycles. The molecule has 25 heavy (non-hydrogen) atoms. The number of aromatic nitrogens is 1. The first-order valence-corrected chi connectivity index (χ1v) is 11.4. The number of piperidine rings is 1. The highest BCUT2D eigenvalue weighted by molar-refractivity contribution is 7.88. The number of hydrogen-bond acceptors (Lipinski definition) is 5. The first kappa shape index (κ1) is 18.4. The van der Waals surface area contributed by atoms with E-state index in [1.807, 2.05) is 12.1 Å². The van der Waals surface area contributed by atoms with Gasteiger partial charge in [-0.3, -0.25) is 0 Å². The third kappa shape index (κ3) is 5.26. The number of thiazole rings is 1. The molecule has 2 heterocycles. The van der Waals surface area contributed by atoms with Crippen molar-refractivity contribution in [1.82, 2.24) is 9.71 Å². The van der Waals surface area contributed by atoms with Gasteiger partial charge in [-0.2, -0.15) is 0 Å². The lowest BCUT2D eigenvalue weighted by Crippen LogP contribution is -2.34. The Bertz CT molecular complexity index is 800. The second-order valence-corrected chi connectivity index (χ2v) is 9.49. The zero-order chi connectivity index (χ0) is 17.9. The fourth-order valence-corrected chi connectivity index (χ4v) is 4.47. The molecule has 1 unspecified atom stereocenters. The minimum Gasteiger partial charge on any atom is -0.348 e. The van der Waals surface area contributed by atoms with Crippen LogP contribution in [0.25, 0.3) is 11.3 Å². The Labute approximate surface area is 154 Å². The van der Waals surface area contributed by atoms with E-state index in [0.29, 0.717) is 13.0 Å². The van der Waals surface area contributed by atoms with Gasteiger partial charge in [-0.15, -0.1) is 11.3 Å². The summed E-state index contributed by atoms with van der Waals surface area (Å²) in [6.45, 7) is 4.92. The van der Waals surface area contributed by atoms with Gasteiger partial charge in [-0.05, 0) is 30.7 Å². The molecule has 0 spiro atoms. The molecule has 1 atom stereocenters. The second kappa shape index (κ2) is 7.85. The fourth-order valence-electron chi connectivity index (χ4n) is 3.13. The molecule has 1 aliphatic heterocycles. The third-order valence-electron chi connectivity index (χ3n) is 4.45. The van der Waals surface area contributed by atoms with Crippen molar-refractivity contribution < 1.29 is 8.42 Å². The van der Waals surface area contributed by atoms with Gasteiger partial charge in [0.1, 0.15) is 0 Å². The topological polar surface area (TPSA) is 62.3 Å². The Morgan fingerprint density at radius 2 is 2.08 bits per heavy atom. The lowest BCUT2D eigenvalue weighted by Gasteiger charge is -2.30. The van der Waals surface area contributed by atoms with E-state index in [-0.39, 0.29) is 0 Å². The molecule has 1 aliphatic rings. The molecule has 7 heteroatoms. The highest BCUT2D eigenvalue weighted by atomic mass is 32.2. The molecule has 1 fully saturated rings. The number of sulfonamides is 1. The average molecular weight is 380 g/mol. The molecule has 1 N–H and O–H groups in total. The van der Waals surface area contributed by atoms with Gasteiger partial charge >= 0.3 is 0 Å². The van der Waals surface area contributed by atoms with E-state index in [1.165, 1.54) is 19.1 Å². The molecule has 0 bridgehead atoms. The Morgan fingerprint density at radius 1 is 1.32 bits per heavy atom. The van der Waals surface area contributed by atoms with E-state index in [4.69, 9.17) is 4.98 Å². The Kier molecular flexibility index (Phi) is 5.76. The summed E-state index contributed by atoms with van der Waals surface area (Å²) in [6, 6.07) is 8.21. The van der Waals surface area contributed by atoms with Crippen molar-refractivity contribution in [3.8, 4) is 11.3 Å². The smallest absolute Gasteiger partial charge is 0.208 e. The Hall–Kier alpha value is -1.44. The first-order chi connectivity index (χ1) is 11.9. The minimum absolute atomic E-state index is 0.423. The van der Waals surface area contributed by atoms with Crippen molar-refractivity contribution in [2.75, 3.05) is 30.8 Å². The van der Waals surface area contributed by atoms with E-state index in [9.17, 15) is 8.42 Å². The van der Waals surface area contributed by atoms with E-state index >= 15 is 0 Å². The van der Waals surface area contributed by atoms with E-state index < -0.39 is 10.0 Å². The molecule has 0 aliphatic carbocycles. The van der Waals surface area contributed by atoms with Crippen molar-refractivity contribution in [3.63, 3.8) is 0 Å². The molecule has 3 rings (SSSR count). The number of anilines is 1. The number of nitrogens with one attached hydrogen (secondary N) is 1. The Morgan fingerprint density at radius 3 is 2.76 bits per heavy atom. The van der Waals surface area contributed by atoms with Crippen LogP contribution in [-0.4, -0.2) is 39.3 Å². The summed E-state index contributed by atoms with van der Waals surface area (Å²) < 4.78 is 24.7. The van der Waals surface area contributed by atoms with Crippen LogP contribution in [0, 0.1) is 5.92 Å². The highest BCUT2D eigenvalue weighted by Gasteiger charge is 2.19. The van der Waals surface area contributed by atoms with Crippen molar-refractivity contribution >= 4 is 26.5 Å². The molecular weight excluding hydrogens is 354 g/mol. The molecule has 0 radical (unpaired) electrons. The summed E-state index contributed by atoms with van der Waals surface area (Å²) in [4.78, 5) is 7.21. The van der Waals surface area contributed by atoms with Crippen LogP contribution in [0.5, 0.6) is 0 Å². The number of rotatable bonds is 6. The van der Waals surface area contributed by atoms with Crippen LogP contribution in [0.4, 0.5) is 5.13 Å². The maximum atomic E-state index is 11.1. The highest BCUT2D eigenvalue weighted by Crippen LogP contribution is 2.30. The summed E-state index contributed by atoms with van der Waals surface area (Å²) in [5.74, 6) is 0.737. The van der Waals surface area contributed by atoms with Gasteiger partial charge in [-0.1, -0.05) is 31.2 Å². The summed E-state index contributed by atoms with van der Waals surface area (Å²) in [5, 5.41) is 3.23. The van der Waals surface area contributed by atoms with E-state index in [2.05, 4.69) is 34.1 Å². The van der Waals surface area contributed by atoms with Gasteiger partial charge in [0.25, 0.3) is 0 Å². The number of benzene rings is 1. The molecule has 0 saturated carbocycles. The van der Waals surface area contributed by atoms with Gasteiger partial charge in [0, 0.05) is 30.6 Å².